The predicted molar refractivity (Wildman–Crippen MR) is 72.4 cm³/mol. The van der Waals surface area contributed by atoms with Gasteiger partial charge in [0.2, 0.25) is 0 Å². The molecular weight excluding hydrogens is 248 g/mol. The van der Waals surface area contributed by atoms with Gasteiger partial charge in [-0.3, -0.25) is 4.79 Å². The topological polar surface area (TPSA) is 34.9 Å². The van der Waals surface area contributed by atoms with Crippen molar-refractivity contribution in [2.75, 3.05) is 0 Å². The first kappa shape index (κ1) is 12.8. The predicted octanol–water partition coefficient (Wildman–Crippen LogP) is 3.75. The van der Waals surface area contributed by atoms with E-state index in [1.807, 2.05) is 39.0 Å². The van der Waals surface area contributed by atoms with E-state index in [2.05, 4.69) is 5.10 Å². The molecule has 0 saturated heterocycles. The molecule has 0 spiro atoms. The molecule has 0 amide bonds. The standard InChI is InChI=1S/C14H15ClN2O/c1-14(2,3)13(18)10-8-16-17(9-10)12-7-5-4-6-11(12)15/h4-9H,1-3H3. The zero-order valence-electron chi connectivity index (χ0n) is 10.6. The normalized spacial score (nSPS) is 11.6. The summed E-state index contributed by atoms with van der Waals surface area (Å²) in [6, 6.07) is 7.40. The van der Waals surface area contributed by atoms with Gasteiger partial charge in [0.25, 0.3) is 0 Å². The fourth-order valence-corrected chi connectivity index (χ4v) is 1.86. The number of aromatic nitrogens is 2. The second kappa shape index (κ2) is 4.58. The van der Waals surface area contributed by atoms with Crippen LogP contribution < -0.4 is 0 Å². The lowest BCUT2D eigenvalue weighted by atomic mass is 9.88. The second-order valence-corrected chi connectivity index (χ2v) is 5.61. The number of ketones is 1. The van der Waals surface area contributed by atoms with Gasteiger partial charge in [-0.1, -0.05) is 44.5 Å². The second-order valence-electron chi connectivity index (χ2n) is 5.20. The van der Waals surface area contributed by atoms with Gasteiger partial charge in [-0.15, -0.1) is 0 Å². The van der Waals surface area contributed by atoms with Crippen LogP contribution in [0.5, 0.6) is 0 Å². The number of Topliss-reactive ketones (excluding diaryl/α,β-unsaturated/α-hetero) is 1. The maximum atomic E-state index is 12.1. The van der Waals surface area contributed by atoms with Crippen molar-refractivity contribution in [3.8, 4) is 5.69 Å². The Labute approximate surface area is 111 Å². The van der Waals surface area contributed by atoms with E-state index in [-0.39, 0.29) is 5.78 Å². The van der Waals surface area contributed by atoms with Crippen LogP contribution >= 0.6 is 11.6 Å². The monoisotopic (exact) mass is 262 g/mol. The van der Waals surface area contributed by atoms with Crippen molar-refractivity contribution in [1.29, 1.82) is 0 Å². The smallest absolute Gasteiger partial charge is 0.171 e. The molecule has 1 aromatic carbocycles. The van der Waals surface area contributed by atoms with Crippen molar-refractivity contribution >= 4 is 17.4 Å². The lowest BCUT2D eigenvalue weighted by Crippen LogP contribution is -2.19. The van der Waals surface area contributed by atoms with Crippen LogP contribution in [0.4, 0.5) is 0 Å². The summed E-state index contributed by atoms with van der Waals surface area (Å²) in [6.45, 7) is 5.67. The molecule has 0 N–H and O–H groups in total. The number of hydrogen-bond donors (Lipinski definition) is 0. The van der Waals surface area contributed by atoms with Crippen LogP contribution in [-0.2, 0) is 0 Å². The molecule has 0 atom stereocenters. The van der Waals surface area contributed by atoms with E-state index in [0.717, 1.165) is 5.69 Å². The lowest BCUT2D eigenvalue weighted by Gasteiger charge is -2.14. The Kier molecular flexibility index (Phi) is 3.26. The first-order chi connectivity index (χ1) is 8.39. The third kappa shape index (κ3) is 2.46. The van der Waals surface area contributed by atoms with E-state index in [1.165, 1.54) is 0 Å². The molecule has 2 aromatic rings. The molecule has 0 aliphatic rings. The Morgan fingerprint density at radius 1 is 1.28 bits per heavy atom. The van der Waals surface area contributed by atoms with E-state index in [0.29, 0.717) is 10.6 Å². The van der Waals surface area contributed by atoms with Gasteiger partial charge in [-0.2, -0.15) is 5.10 Å². The van der Waals surface area contributed by atoms with E-state index in [1.54, 1.807) is 23.1 Å². The minimum Gasteiger partial charge on any atom is -0.293 e. The third-order valence-electron chi connectivity index (χ3n) is 2.63. The largest absolute Gasteiger partial charge is 0.293 e. The minimum atomic E-state index is -0.408. The Bertz CT molecular complexity index is 581. The Hall–Kier alpha value is -1.61. The average Bonchev–Trinajstić information content (AvgIpc) is 2.76. The van der Waals surface area contributed by atoms with Crippen molar-refractivity contribution in [1.82, 2.24) is 9.78 Å². The highest BCUT2D eigenvalue weighted by atomic mass is 35.5. The molecule has 3 nitrogen and oxygen atoms in total. The number of rotatable bonds is 2. The van der Waals surface area contributed by atoms with Gasteiger partial charge in [0.05, 0.1) is 22.5 Å². The van der Waals surface area contributed by atoms with Crippen LogP contribution in [0.25, 0.3) is 5.69 Å². The summed E-state index contributed by atoms with van der Waals surface area (Å²) in [7, 11) is 0. The summed E-state index contributed by atoms with van der Waals surface area (Å²) in [5, 5.41) is 4.80. The Morgan fingerprint density at radius 3 is 2.56 bits per heavy atom. The first-order valence-electron chi connectivity index (χ1n) is 5.74. The summed E-state index contributed by atoms with van der Waals surface area (Å²) < 4.78 is 1.63. The molecule has 0 radical (unpaired) electrons. The van der Waals surface area contributed by atoms with E-state index in [4.69, 9.17) is 11.6 Å². The van der Waals surface area contributed by atoms with Crippen LogP contribution in [0.15, 0.2) is 36.7 Å². The number of halogens is 1. The third-order valence-corrected chi connectivity index (χ3v) is 2.94. The molecule has 1 heterocycles. The number of para-hydroxylation sites is 1. The molecule has 0 aliphatic carbocycles. The van der Waals surface area contributed by atoms with E-state index in [9.17, 15) is 4.79 Å². The molecular formula is C14H15ClN2O. The Balaban J connectivity index is 2.38. The Morgan fingerprint density at radius 2 is 1.94 bits per heavy atom. The molecule has 0 unspecified atom stereocenters. The number of carbonyl (C=O) groups is 1. The number of carbonyl (C=O) groups excluding carboxylic acids is 1. The van der Waals surface area contributed by atoms with Crippen molar-refractivity contribution in [2.45, 2.75) is 20.8 Å². The summed E-state index contributed by atoms with van der Waals surface area (Å²) in [5.74, 6) is 0.0702. The van der Waals surface area contributed by atoms with Crippen LogP contribution in [0, 0.1) is 5.41 Å². The molecule has 94 valence electrons. The van der Waals surface area contributed by atoms with Gasteiger partial charge < -0.3 is 0 Å². The van der Waals surface area contributed by atoms with E-state index < -0.39 is 5.41 Å². The minimum absolute atomic E-state index is 0.0702. The van der Waals surface area contributed by atoms with Crippen molar-refractivity contribution < 1.29 is 4.79 Å². The van der Waals surface area contributed by atoms with Gasteiger partial charge in [0, 0.05) is 11.6 Å². The zero-order valence-corrected chi connectivity index (χ0v) is 11.4. The molecule has 0 bridgehead atoms. The molecule has 4 heteroatoms. The molecule has 18 heavy (non-hydrogen) atoms. The van der Waals surface area contributed by atoms with Crippen molar-refractivity contribution in [3.05, 3.63) is 47.2 Å². The number of hydrogen-bond acceptors (Lipinski definition) is 2. The van der Waals surface area contributed by atoms with Crippen LogP contribution in [-0.4, -0.2) is 15.6 Å². The molecule has 1 aromatic heterocycles. The van der Waals surface area contributed by atoms with Crippen molar-refractivity contribution in [3.63, 3.8) is 0 Å². The highest BCUT2D eigenvalue weighted by molar-refractivity contribution is 6.32. The fraction of sp³-hybridized carbons (Fsp3) is 0.286. The van der Waals surface area contributed by atoms with Crippen molar-refractivity contribution in [2.24, 2.45) is 5.41 Å². The maximum absolute atomic E-state index is 12.1. The van der Waals surface area contributed by atoms with Crippen LogP contribution in [0.2, 0.25) is 5.02 Å². The van der Waals surface area contributed by atoms with Gasteiger partial charge >= 0.3 is 0 Å². The van der Waals surface area contributed by atoms with Crippen LogP contribution in [0.1, 0.15) is 31.1 Å². The fourth-order valence-electron chi connectivity index (χ4n) is 1.64. The number of nitrogens with zero attached hydrogens (tertiary/aromatic N) is 2. The maximum Gasteiger partial charge on any atom is 0.171 e. The zero-order chi connectivity index (χ0) is 13.3. The van der Waals surface area contributed by atoms with Crippen LogP contribution in [0.3, 0.4) is 0 Å². The average molecular weight is 263 g/mol. The number of benzene rings is 1. The molecule has 0 saturated carbocycles. The summed E-state index contributed by atoms with van der Waals surface area (Å²) in [5.41, 5.74) is 0.962. The van der Waals surface area contributed by atoms with Gasteiger partial charge in [-0.05, 0) is 12.1 Å². The quantitative estimate of drug-likeness (QED) is 0.773. The summed E-state index contributed by atoms with van der Waals surface area (Å²) in [6.07, 6.45) is 3.30. The molecule has 0 fully saturated rings. The molecule has 0 aliphatic heterocycles. The van der Waals surface area contributed by atoms with Gasteiger partial charge in [0.15, 0.2) is 5.78 Å². The summed E-state index contributed by atoms with van der Waals surface area (Å²) >= 11 is 6.09. The lowest BCUT2D eigenvalue weighted by molar-refractivity contribution is 0.0858. The first-order valence-corrected chi connectivity index (χ1v) is 6.12. The van der Waals surface area contributed by atoms with Gasteiger partial charge in [0.1, 0.15) is 0 Å². The molecule has 2 rings (SSSR count). The highest BCUT2D eigenvalue weighted by Crippen LogP contribution is 2.23. The van der Waals surface area contributed by atoms with Gasteiger partial charge in [-0.25, -0.2) is 4.68 Å². The summed E-state index contributed by atoms with van der Waals surface area (Å²) in [4.78, 5) is 12.1. The SMILES string of the molecule is CC(C)(C)C(=O)c1cnn(-c2ccccc2Cl)c1. The van der Waals surface area contributed by atoms with E-state index >= 15 is 0 Å². The highest BCUT2D eigenvalue weighted by Gasteiger charge is 2.24.